The first kappa shape index (κ1) is 18.5. The Balaban J connectivity index is 2.17. The number of carbonyl (C=O) groups is 1. The number of ether oxygens (including phenoxy) is 1. The average Bonchev–Trinajstić information content (AvgIpc) is 3.44. The third-order valence-corrected chi connectivity index (χ3v) is 4.15. The largest absolute Gasteiger partial charge is 0.465 e. The van der Waals surface area contributed by atoms with Gasteiger partial charge in [0.15, 0.2) is 0 Å². The Morgan fingerprint density at radius 2 is 2.24 bits per heavy atom. The molecule has 25 heavy (non-hydrogen) atoms. The van der Waals surface area contributed by atoms with Gasteiger partial charge in [0.2, 0.25) is 0 Å². The number of nitro benzene ring substituents is 1. The summed E-state index contributed by atoms with van der Waals surface area (Å²) in [6.07, 6.45) is 6.17. The molecule has 7 nitrogen and oxygen atoms in total. The van der Waals surface area contributed by atoms with Gasteiger partial charge in [0.25, 0.3) is 5.69 Å². The van der Waals surface area contributed by atoms with E-state index in [2.05, 4.69) is 21.5 Å². The second-order valence-electron chi connectivity index (χ2n) is 5.89. The molecule has 1 aliphatic rings. The van der Waals surface area contributed by atoms with Crippen molar-refractivity contribution in [2.24, 2.45) is 5.92 Å². The topological polar surface area (TPSA) is 84.7 Å². The summed E-state index contributed by atoms with van der Waals surface area (Å²) in [4.78, 5) is 24.5. The molecule has 0 bridgehead atoms. The molecule has 7 heteroatoms. The second-order valence-corrected chi connectivity index (χ2v) is 5.89. The number of anilines is 1. The van der Waals surface area contributed by atoms with Crippen molar-refractivity contribution in [3.8, 4) is 0 Å². The summed E-state index contributed by atoms with van der Waals surface area (Å²) in [6, 6.07) is 4.13. The maximum atomic E-state index is 11.7. The first-order chi connectivity index (χ1) is 12.0. The smallest absolute Gasteiger partial charge is 0.337 e. The number of hydrogen-bond donors (Lipinski definition) is 1. The number of hydrogen-bond acceptors (Lipinski definition) is 6. The Hall–Kier alpha value is -2.83. The van der Waals surface area contributed by atoms with Crippen molar-refractivity contribution in [3.05, 3.63) is 58.4 Å². The van der Waals surface area contributed by atoms with Crippen LogP contribution in [-0.2, 0) is 4.74 Å². The summed E-state index contributed by atoms with van der Waals surface area (Å²) in [5, 5.41) is 14.3. The SMILES string of the molecule is C=CN(CC1CC1)/C(=C\C)CNc1cc(C(=O)OC)ccc1[N+](=O)[O-]. The van der Waals surface area contributed by atoms with Crippen LogP contribution in [0, 0.1) is 16.0 Å². The number of benzene rings is 1. The molecule has 1 aromatic rings. The molecule has 0 saturated heterocycles. The molecule has 0 atom stereocenters. The van der Waals surface area contributed by atoms with Gasteiger partial charge < -0.3 is 15.0 Å². The molecule has 2 rings (SSSR count). The molecule has 0 amide bonds. The number of nitro groups is 1. The van der Waals surface area contributed by atoms with E-state index in [9.17, 15) is 14.9 Å². The van der Waals surface area contributed by atoms with E-state index in [4.69, 9.17) is 0 Å². The molecule has 0 aliphatic heterocycles. The predicted molar refractivity (Wildman–Crippen MR) is 96.3 cm³/mol. The molecule has 0 radical (unpaired) electrons. The summed E-state index contributed by atoms with van der Waals surface area (Å²) >= 11 is 0. The van der Waals surface area contributed by atoms with E-state index < -0.39 is 10.9 Å². The molecule has 0 unspecified atom stereocenters. The van der Waals surface area contributed by atoms with Gasteiger partial charge >= 0.3 is 5.97 Å². The van der Waals surface area contributed by atoms with Crippen molar-refractivity contribution in [3.63, 3.8) is 0 Å². The number of carbonyl (C=O) groups excluding carboxylic acids is 1. The molecule has 1 N–H and O–H groups in total. The van der Waals surface area contributed by atoms with Crippen molar-refractivity contribution in [1.82, 2.24) is 4.90 Å². The van der Waals surface area contributed by atoms with Crippen molar-refractivity contribution in [2.75, 3.05) is 25.5 Å². The van der Waals surface area contributed by atoms with Gasteiger partial charge in [-0.15, -0.1) is 0 Å². The van der Waals surface area contributed by atoms with Crippen LogP contribution in [0.1, 0.15) is 30.1 Å². The Kier molecular flexibility index (Phi) is 6.16. The predicted octanol–water partition coefficient (Wildman–Crippen LogP) is 3.55. The highest BCUT2D eigenvalue weighted by molar-refractivity contribution is 5.91. The molecule has 1 fully saturated rings. The third-order valence-electron chi connectivity index (χ3n) is 4.15. The Bertz CT molecular complexity index is 696. The Morgan fingerprint density at radius 1 is 1.52 bits per heavy atom. The molecule has 1 saturated carbocycles. The lowest BCUT2D eigenvalue weighted by Gasteiger charge is -2.24. The lowest BCUT2D eigenvalue weighted by Crippen LogP contribution is -2.24. The van der Waals surface area contributed by atoms with Gasteiger partial charge in [0.05, 0.1) is 24.1 Å². The lowest BCUT2D eigenvalue weighted by atomic mass is 10.1. The van der Waals surface area contributed by atoms with Crippen LogP contribution in [0.5, 0.6) is 0 Å². The Labute approximate surface area is 147 Å². The summed E-state index contributed by atoms with van der Waals surface area (Å²) < 4.78 is 4.68. The Morgan fingerprint density at radius 3 is 2.76 bits per heavy atom. The van der Waals surface area contributed by atoms with Crippen LogP contribution < -0.4 is 5.32 Å². The maximum absolute atomic E-state index is 11.7. The first-order valence-electron chi connectivity index (χ1n) is 8.15. The molecule has 0 spiro atoms. The van der Waals surface area contributed by atoms with Gasteiger partial charge in [-0.2, -0.15) is 0 Å². The second kappa shape index (κ2) is 8.32. The number of nitrogens with one attached hydrogen (secondary N) is 1. The maximum Gasteiger partial charge on any atom is 0.337 e. The van der Waals surface area contributed by atoms with Gasteiger partial charge in [-0.25, -0.2) is 4.79 Å². The van der Waals surface area contributed by atoms with Crippen LogP contribution in [-0.4, -0.2) is 36.0 Å². The van der Waals surface area contributed by atoms with Gasteiger partial charge in [-0.3, -0.25) is 10.1 Å². The standard InChI is InChI=1S/C18H23N3O4/c1-4-15(20(5-2)12-13-6-7-13)11-19-16-10-14(18(22)25-3)8-9-17(16)21(23)24/h4-5,8-10,13,19H,2,6-7,11-12H2,1,3H3/b15-4-. The molecule has 0 aromatic heterocycles. The normalized spacial score (nSPS) is 13.9. The molecule has 1 aromatic carbocycles. The molecule has 134 valence electrons. The summed E-state index contributed by atoms with van der Waals surface area (Å²) in [6.45, 7) is 7.05. The number of esters is 1. The highest BCUT2D eigenvalue weighted by Gasteiger charge is 2.24. The van der Waals surface area contributed by atoms with Gasteiger partial charge in [-0.05, 0) is 44.0 Å². The van der Waals surface area contributed by atoms with E-state index in [0.717, 1.165) is 12.2 Å². The van der Waals surface area contributed by atoms with Crippen LogP contribution in [0.15, 0.2) is 42.8 Å². The van der Waals surface area contributed by atoms with Crippen molar-refractivity contribution in [1.29, 1.82) is 0 Å². The van der Waals surface area contributed by atoms with Gasteiger partial charge in [-0.1, -0.05) is 12.7 Å². The number of rotatable bonds is 9. The molecule has 0 heterocycles. The summed E-state index contributed by atoms with van der Waals surface area (Å²) in [5.41, 5.74) is 1.42. The van der Waals surface area contributed by atoms with Crippen LogP contribution in [0.2, 0.25) is 0 Å². The minimum Gasteiger partial charge on any atom is -0.465 e. The fourth-order valence-electron chi connectivity index (χ4n) is 2.52. The van der Waals surface area contributed by atoms with Crippen molar-refractivity contribution in [2.45, 2.75) is 19.8 Å². The van der Waals surface area contributed by atoms with E-state index in [1.165, 1.54) is 38.2 Å². The highest BCUT2D eigenvalue weighted by atomic mass is 16.6. The third kappa shape index (κ3) is 4.82. The van der Waals surface area contributed by atoms with Gasteiger partial charge in [0, 0.05) is 18.3 Å². The van der Waals surface area contributed by atoms with Crippen molar-refractivity contribution < 1.29 is 14.5 Å². The monoisotopic (exact) mass is 345 g/mol. The van der Waals surface area contributed by atoms with Crippen LogP contribution in [0.4, 0.5) is 11.4 Å². The van der Waals surface area contributed by atoms with Gasteiger partial charge in [0.1, 0.15) is 5.69 Å². The van der Waals surface area contributed by atoms with E-state index in [1.807, 2.05) is 13.0 Å². The average molecular weight is 345 g/mol. The number of nitrogens with zero attached hydrogens (tertiary/aromatic N) is 2. The summed E-state index contributed by atoms with van der Waals surface area (Å²) in [7, 11) is 1.27. The van der Waals surface area contributed by atoms with Crippen molar-refractivity contribution >= 4 is 17.3 Å². The number of allylic oxidation sites excluding steroid dienone is 1. The summed E-state index contributed by atoms with van der Waals surface area (Å²) in [5.74, 6) is 0.149. The molecule has 1 aliphatic carbocycles. The molecular formula is C18H23N3O4. The lowest BCUT2D eigenvalue weighted by molar-refractivity contribution is -0.384. The number of methoxy groups -OCH3 is 1. The molecular weight excluding hydrogens is 322 g/mol. The van der Waals surface area contributed by atoms with Crippen LogP contribution in [0.3, 0.4) is 0 Å². The van der Waals surface area contributed by atoms with E-state index in [1.54, 1.807) is 6.20 Å². The zero-order valence-corrected chi connectivity index (χ0v) is 14.5. The van der Waals surface area contributed by atoms with Crippen LogP contribution >= 0.6 is 0 Å². The first-order valence-corrected chi connectivity index (χ1v) is 8.15. The fraction of sp³-hybridized carbons (Fsp3) is 0.389. The fourth-order valence-corrected chi connectivity index (χ4v) is 2.52. The van der Waals surface area contributed by atoms with E-state index in [-0.39, 0.29) is 16.9 Å². The zero-order chi connectivity index (χ0) is 18.4. The van der Waals surface area contributed by atoms with Crippen LogP contribution in [0.25, 0.3) is 0 Å². The highest BCUT2D eigenvalue weighted by Crippen LogP contribution is 2.31. The van der Waals surface area contributed by atoms with E-state index >= 15 is 0 Å². The minimum absolute atomic E-state index is 0.0875. The quantitative estimate of drug-likeness (QED) is 0.418. The van der Waals surface area contributed by atoms with E-state index in [0.29, 0.717) is 12.5 Å². The zero-order valence-electron chi connectivity index (χ0n) is 14.5. The minimum atomic E-state index is -0.536.